The summed E-state index contributed by atoms with van der Waals surface area (Å²) in [5.74, 6) is -0.495. The van der Waals surface area contributed by atoms with E-state index in [9.17, 15) is 13.2 Å². The number of hydrogen-bond acceptors (Lipinski definition) is 4. The molecule has 20 heavy (non-hydrogen) atoms. The van der Waals surface area contributed by atoms with E-state index in [0.717, 1.165) is 24.2 Å². The van der Waals surface area contributed by atoms with Crippen molar-refractivity contribution in [3.63, 3.8) is 0 Å². The fourth-order valence-electron chi connectivity index (χ4n) is 1.98. The third-order valence-corrected chi connectivity index (χ3v) is 7.05. The van der Waals surface area contributed by atoms with Gasteiger partial charge in [-0.2, -0.15) is 0 Å². The van der Waals surface area contributed by atoms with Gasteiger partial charge in [-0.3, -0.25) is 0 Å². The second kappa shape index (κ2) is 6.13. The van der Waals surface area contributed by atoms with Gasteiger partial charge in [0.2, 0.25) is 10.0 Å². The van der Waals surface area contributed by atoms with Crippen LogP contribution in [0.15, 0.2) is 14.7 Å². The summed E-state index contributed by atoms with van der Waals surface area (Å²) in [5, 5.41) is 8.92. The summed E-state index contributed by atoms with van der Waals surface area (Å²) in [6.07, 6.45) is 3.92. The lowest BCUT2D eigenvalue weighted by Gasteiger charge is -2.16. The SMILES string of the molecule is CCC(CC1CC1)NS(=O)(=O)c1cc(C(=O)O)sc1Br. The molecule has 1 atom stereocenters. The molecule has 1 fully saturated rings. The third-order valence-electron chi connectivity index (χ3n) is 3.29. The van der Waals surface area contributed by atoms with Gasteiger partial charge in [0.15, 0.2) is 0 Å². The van der Waals surface area contributed by atoms with Gasteiger partial charge in [-0.1, -0.05) is 19.8 Å². The van der Waals surface area contributed by atoms with Crippen molar-refractivity contribution in [3.8, 4) is 0 Å². The average molecular weight is 382 g/mol. The van der Waals surface area contributed by atoms with E-state index >= 15 is 0 Å². The van der Waals surface area contributed by atoms with Crippen molar-refractivity contribution in [2.75, 3.05) is 0 Å². The maximum atomic E-state index is 12.3. The maximum Gasteiger partial charge on any atom is 0.345 e. The molecule has 0 aliphatic heterocycles. The van der Waals surface area contributed by atoms with Crippen LogP contribution in [-0.2, 0) is 10.0 Å². The van der Waals surface area contributed by atoms with E-state index in [4.69, 9.17) is 5.11 Å². The van der Waals surface area contributed by atoms with Gasteiger partial charge in [0, 0.05) is 6.04 Å². The molecule has 1 aromatic heterocycles. The second-order valence-corrected chi connectivity index (χ2v) is 9.01. The molecule has 0 radical (unpaired) electrons. The van der Waals surface area contributed by atoms with Gasteiger partial charge in [0.1, 0.15) is 9.77 Å². The fraction of sp³-hybridized carbons (Fsp3) is 0.583. The summed E-state index contributed by atoms with van der Waals surface area (Å²) in [6.45, 7) is 1.95. The molecule has 1 heterocycles. The van der Waals surface area contributed by atoms with Gasteiger partial charge in [0.25, 0.3) is 0 Å². The summed E-state index contributed by atoms with van der Waals surface area (Å²) >= 11 is 4.04. The molecule has 0 amide bonds. The summed E-state index contributed by atoms with van der Waals surface area (Å²) in [5.41, 5.74) is 0. The van der Waals surface area contributed by atoms with Crippen LogP contribution in [0, 0.1) is 5.92 Å². The molecule has 0 saturated heterocycles. The zero-order chi connectivity index (χ0) is 14.9. The molecule has 0 aromatic carbocycles. The van der Waals surface area contributed by atoms with Crippen LogP contribution in [0.4, 0.5) is 0 Å². The molecule has 112 valence electrons. The van der Waals surface area contributed by atoms with E-state index in [-0.39, 0.29) is 15.8 Å². The van der Waals surface area contributed by atoms with Crippen LogP contribution in [0.2, 0.25) is 0 Å². The number of rotatable bonds is 7. The smallest absolute Gasteiger partial charge is 0.345 e. The largest absolute Gasteiger partial charge is 0.477 e. The number of halogens is 1. The minimum absolute atomic E-state index is 0.00694. The molecule has 2 N–H and O–H groups in total. The number of hydrogen-bond donors (Lipinski definition) is 2. The Balaban J connectivity index is 2.18. The number of thiophene rings is 1. The van der Waals surface area contributed by atoms with E-state index in [1.54, 1.807) is 0 Å². The topological polar surface area (TPSA) is 83.5 Å². The molecular weight excluding hydrogens is 366 g/mol. The van der Waals surface area contributed by atoms with E-state index in [1.807, 2.05) is 6.92 Å². The quantitative estimate of drug-likeness (QED) is 0.759. The molecule has 1 saturated carbocycles. The van der Waals surface area contributed by atoms with Crippen molar-refractivity contribution < 1.29 is 18.3 Å². The normalized spacial score (nSPS) is 17.1. The first-order valence-corrected chi connectivity index (χ1v) is 9.47. The van der Waals surface area contributed by atoms with Gasteiger partial charge < -0.3 is 5.11 Å². The minimum Gasteiger partial charge on any atom is -0.477 e. The van der Waals surface area contributed by atoms with Gasteiger partial charge in [-0.15, -0.1) is 11.3 Å². The molecule has 1 aliphatic carbocycles. The average Bonchev–Trinajstić information content (AvgIpc) is 3.07. The predicted molar refractivity (Wildman–Crippen MR) is 80.7 cm³/mol. The van der Waals surface area contributed by atoms with Crippen LogP contribution in [0.5, 0.6) is 0 Å². The maximum absolute atomic E-state index is 12.3. The van der Waals surface area contributed by atoms with E-state index in [2.05, 4.69) is 20.7 Å². The first-order valence-electron chi connectivity index (χ1n) is 6.38. The zero-order valence-electron chi connectivity index (χ0n) is 10.9. The number of carboxylic acid groups (broad SMARTS) is 1. The Kier molecular flexibility index (Phi) is 4.88. The summed E-state index contributed by atoms with van der Waals surface area (Å²) in [6, 6.07) is 1.11. The van der Waals surface area contributed by atoms with Gasteiger partial charge in [-0.25, -0.2) is 17.9 Å². The molecule has 0 bridgehead atoms. The molecule has 1 aliphatic rings. The van der Waals surface area contributed by atoms with Crippen LogP contribution in [0.25, 0.3) is 0 Å². The van der Waals surface area contributed by atoms with E-state index < -0.39 is 16.0 Å². The van der Waals surface area contributed by atoms with Crippen LogP contribution in [0.3, 0.4) is 0 Å². The molecule has 1 aromatic rings. The van der Waals surface area contributed by atoms with Gasteiger partial charge in [-0.05, 0) is 40.8 Å². The van der Waals surface area contributed by atoms with Gasteiger partial charge >= 0.3 is 5.97 Å². The van der Waals surface area contributed by atoms with Gasteiger partial charge in [0.05, 0.1) is 3.79 Å². The Bertz CT molecular complexity index is 607. The highest BCUT2D eigenvalue weighted by atomic mass is 79.9. The fourth-order valence-corrected chi connectivity index (χ4v) is 5.71. The number of nitrogens with one attached hydrogen (secondary N) is 1. The van der Waals surface area contributed by atoms with E-state index in [1.165, 1.54) is 18.9 Å². The molecule has 2 rings (SSSR count). The standard InChI is InChI=1S/C12H16BrNO4S2/c1-2-8(5-7-3-4-7)14-20(17,18)10-6-9(12(15)16)19-11(10)13/h6-8,14H,2-5H2,1H3,(H,15,16). The Hall–Kier alpha value is -0.440. The lowest BCUT2D eigenvalue weighted by atomic mass is 10.1. The van der Waals surface area contributed by atoms with Crippen molar-refractivity contribution in [2.45, 2.75) is 43.5 Å². The summed E-state index contributed by atoms with van der Waals surface area (Å²) in [4.78, 5) is 10.9. The summed E-state index contributed by atoms with van der Waals surface area (Å²) in [7, 11) is -3.68. The van der Waals surface area contributed by atoms with Crippen LogP contribution in [-0.4, -0.2) is 25.5 Å². The number of sulfonamides is 1. The monoisotopic (exact) mass is 381 g/mol. The highest BCUT2D eigenvalue weighted by molar-refractivity contribution is 9.11. The number of aromatic carboxylic acids is 1. The Morgan fingerprint density at radius 3 is 2.70 bits per heavy atom. The zero-order valence-corrected chi connectivity index (χ0v) is 14.1. The Morgan fingerprint density at radius 1 is 1.60 bits per heavy atom. The first kappa shape index (κ1) is 15.9. The van der Waals surface area contributed by atoms with E-state index in [0.29, 0.717) is 9.70 Å². The Morgan fingerprint density at radius 2 is 2.25 bits per heavy atom. The van der Waals surface area contributed by atoms with Crippen molar-refractivity contribution >= 4 is 43.3 Å². The lowest BCUT2D eigenvalue weighted by molar-refractivity contribution is 0.0702. The predicted octanol–water partition coefficient (Wildman–Crippen LogP) is 3.07. The molecule has 0 spiro atoms. The van der Waals surface area contributed by atoms with Crippen LogP contribution < -0.4 is 4.72 Å². The first-order chi connectivity index (χ1) is 9.33. The lowest BCUT2D eigenvalue weighted by Crippen LogP contribution is -2.34. The highest BCUT2D eigenvalue weighted by Crippen LogP contribution is 2.35. The highest BCUT2D eigenvalue weighted by Gasteiger charge is 2.29. The minimum atomic E-state index is -3.68. The van der Waals surface area contributed by atoms with Crippen molar-refractivity contribution in [1.29, 1.82) is 0 Å². The van der Waals surface area contributed by atoms with Crippen molar-refractivity contribution in [1.82, 2.24) is 4.72 Å². The van der Waals surface area contributed by atoms with Crippen LogP contribution in [0.1, 0.15) is 42.3 Å². The molecule has 5 nitrogen and oxygen atoms in total. The molecule has 8 heteroatoms. The number of carboxylic acids is 1. The summed E-state index contributed by atoms with van der Waals surface area (Å²) < 4.78 is 27.7. The molecular formula is C12H16BrNO4S2. The second-order valence-electron chi connectivity index (χ2n) is 4.96. The van der Waals surface area contributed by atoms with Crippen LogP contribution >= 0.6 is 27.3 Å². The van der Waals surface area contributed by atoms with Crippen molar-refractivity contribution in [2.24, 2.45) is 5.92 Å². The number of carbonyl (C=O) groups is 1. The molecule has 1 unspecified atom stereocenters. The Labute approximate surface area is 130 Å². The third kappa shape index (κ3) is 3.81. The van der Waals surface area contributed by atoms with Crippen molar-refractivity contribution in [3.05, 3.63) is 14.7 Å².